The Kier molecular flexibility index (Phi) is 5.46. The highest BCUT2D eigenvalue weighted by Gasteiger charge is 2.26. The second-order valence-electron chi connectivity index (χ2n) is 8.35. The second-order valence-corrected chi connectivity index (χ2v) is 8.35. The molecule has 1 aliphatic rings. The monoisotopic (exact) mass is 442 g/mol. The van der Waals surface area contributed by atoms with Gasteiger partial charge in [-0.25, -0.2) is 4.98 Å². The molecule has 0 bridgehead atoms. The Morgan fingerprint density at radius 1 is 0.970 bits per heavy atom. The summed E-state index contributed by atoms with van der Waals surface area (Å²) in [5.74, 6) is 0.819. The highest BCUT2D eigenvalue weighted by molar-refractivity contribution is 6.07. The number of nitrogens with zero attached hydrogens (tertiary/aromatic N) is 4. The summed E-state index contributed by atoms with van der Waals surface area (Å²) in [6.07, 6.45) is 0. The van der Waals surface area contributed by atoms with Gasteiger partial charge in [0.15, 0.2) is 0 Å². The summed E-state index contributed by atoms with van der Waals surface area (Å²) in [4.78, 5) is 22.4. The Hall–Kier alpha value is -3.87. The van der Waals surface area contributed by atoms with Crippen LogP contribution < -0.4 is 9.64 Å². The average Bonchev–Trinajstić information content (AvgIpc) is 3.24. The largest absolute Gasteiger partial charge is 0.497 e. The number of hydrogen-bond acceptors (Lipinski definition) is 6. The van der Waals surface area contributed by atoms with Crippen molar-refractivity contribution < 1.29 is 14.1 Å². The zero-order valence-corrected chi connectivity index (χ0v) is 19.0. The van der Waals surface area contributed by atoms with Crippen LogP contribution >= 0.6 is 0 Å². The fraction of sp³-hybridized carbons (Fsp3) is 0.269. The highest BCUT2D eigenvalue weighted by Crippen LogP contribution is 2.29. The maximum atomic E-state index is 13.6. The SMILES string of the molecule is COc1ccc(N2CCN(C(=O)c3cc(-c4ccc(C)cc4)nc4onc(C)c34)CC2)cc1. The number of fused-ring (bicyclic) bond motifs is 1. The first-order chi connectivity index (χ1) is 16.0. The normalized spacial score (nSPS) is 14.0. The molecule has 3 heterocycles. The van der Waals surface area contributed by atoms with E-state index in [0.717, 1.165) is 30.1 Å². The van der Waals surface area contributed by atoms with Gasteiger partial charge in [0.25, 0.3) is 11.6 Å². The summed E-state index contributed by atoms with van der Waals surface area (Å²) in [7, 11) is 1.66. The van der Waals surface area contributed by atoms with Crippen molar-refractivity contribution in [3.63, 3.8) is 0 Å². The standard InChI is InChI=1S/C26H26N4O3/c1-17-4-6-19(7-5-17)23-16-22(24-18(2)28-33-25(24)27-23)26(31)30-14-12-29(13-15-30)20-8-10-21(32-3)11-9-20/h4-11,16H,12-15H2,1-3H3. The molecule has 33 heavy (non-hydrogen) atoms. The van der Waals surface area contributed by atoms with Gasteiger partial charge in [0.1, 0.15) is 5.75 Å². The minimum Gasteiger partial charge on any atom is -0.497 e. The average molecular weight is 443 g/mol. The Bertz CT molecular complexity index is 1290. The molecule has 1 amide bonds. The van der Waals surface area contributed by atoms with Gasteiger partial charge in [0, 0.05) is 37.4 Å². The molecule has 0 N–H and O–H groups in total. The van der Waals surface area contributed by atoms with Gasteiger partial charge in [-0.15, -0.1) is 0 Å². The van der Waals surface area contributed by atoms with Crippen LogP contribution in [-0.2, 0) is 0 Å². The number of benzene rings is 2. The van der Waals surface area contributed by atoms with Crippen LogP contribution in [0.2, 0.25) is 0 Å². The Labute approximate surface area is 192 Å². The molecule has 1 aliphatic heterocycles. The van der Waals surface area contributed by atoms with Gasteiger partial charge in [0.2, 0.25) is 0 Å². The van der Waals surface area contributed by atoms with E-state index in [9.17, 15) is 4.79 Å². The highest BCUT2D eigenvalue weighted by atomic mass is 16.5. The van der Waals surface area contributed by atoms with Crippen molar-refractivity contribution >= 4 is 22.7 Å². The molecule has 0 saturated carbocycles. The minimum absolute atomic E-state index is 0.0172. The van der Waals surface area contributed by atoms with E-state index in [1.807, 2.05) is 61.2 Å². The summed E-state index contributed by atoms with van der Waals surface area (Å²) in [5, 5.41) is 4.76. The maximum Gasteiger partial charge on any atom is 0.259 e. The van der Waals surface area contributed by atoms with E-state index in [-0.39, 0.29) is 5.91 Å². The molecule has 0 unspecified atom stereocenters. The minimum atomic E-state index is -0.0172. The smallest absolute Gasteiger partial charge is 0.259 e. The Balaban J connectivity index is 1.41. The summed E-state index contributed by atoms with van der Waals surface area (Å²) in [6, 6.07) is 18.0. The van der Waals surface area contributed by atoms with E-state index in [0.29, 0.717) is 41.1 Å². The van der Waals surface area contributed by atoms with Crippen molar-refractivity contribution in [1.82, 2.24) is 15.0 Å². The molecule has 1 fully saturated rings. The third-order valence-corrected chi connectivity index (χ3v) is 6.20. The lowest BCUT2D eigenvalue weighted by Crippen LogP contribution is -2.48. The van der Waals surface area contributed by atoms with E-state index in [1.54, 1.807) is 7.11 Å². The number of ether oxygens (including phenoxy) is 1. The van der Waals surface area contributed by atoms with Crippen molar-refractivity contribution in [2.75, 3.05) is 38.2 Å². The molecule has 5 rings (SSSR count). The lowest BCUT2D eigenvalue weighted by molar-refractivity contribution is 0.0748. The zero-order chi connectivity index (χ0) is 22.9. The van der Waals surface area contributed by atoms with Crippen LogP contribution in [0.25, 0.3) is 22.4 Å². The number of amides is 1. The van der Waals surface area contributed by atoms with Crippen molar-refractivity contribution in [3.05, 3.63) is 71.4 Å². The lowest BCUT2D eigenvalue weighted by Gasteiger charge is -2.36. The molecule has 2 aromatic heterocycles. The van der Waals surface area contributed by atoms with E-state index in [4.69, 9.17) is 9.26 Å². The summed E-state index contributed by atoms with van der Waals surface area (Å²) >= 11 is 0. The van der Waals surface area contributed by atoms with Crippen molar-refractivity contribution in [2.24, 2.45) is 0 Å². The number of carbonyl (C=O) groups is 1. The first kappa shape index (κ1) is 21.0. The number of methoxy groups -OCH3 is 1. The Morgan fingerprint density at radius 3 is 2.33 bits per heavy atom. The molecule has 4 aromatic rings. The number of hydrogen-bond donors (Lipinski definition) is 0. The topological polar surface area (TPSA) is 71.7 Å². The van der Waals surface area contributed by atoms with Crippen molar-refractivity contribution in [3.8, 4) is 17.0 Å². The van der Waals surface area contributed by atoms with Crippen LogP contribution in [0.1, 0.15) is 21.6 Å². The Morgan fingerprint density at radius 2 is 1.67 bits per heavy atom. The molecule has 0 atom stereocenters. The molecule has 168 valence electrons. The fourth-order valence-corrected chi connectivity index (χ4v) is 4.27. The maximum absolute atomic E-state index is 13.6. The molecular formula is C26H26N4O3. The first-order valence-electron chi connectivity index (χ1n) is 11.1. The number of pyridine rings is 1. The fourth-order valence-electron chi connectivity index (χ4n) is 4.27. The third-order valence-electron chi connectivity index (χ3n) is 6.20. The van der Waals surface area contributed by atoms with Gasteiger partial charge in [0.05, 0.1) is 29.4 Å². The summed E-state index contributed by atoms with van der Waals surface area (Å²) in [6.45, 7) is 6.69. The number of piperazine rings is 1. The van der Waals surface area contributed by atoms with Gasteiger partial charge in [-0.1, -0.05) is 35.0 Å². The second kappa shape index (κ2) is 8.58. The first-order valence-corrected chi connectivity index (χ1v) is 11.1. The van der Waals surface area contributed by atoms with Gasteiger partial charge in [-0.3, -0.25) is 4.79 Å². The molecule has 1 saturated heterocycles. The number of carbonyl (C=O) groups excluding carboxylic acids is 1. The van der Waals surface area contributed by atoms with Gasteiger partial charge >= 0.3 is 0 Å². The van der Waals surface area contributed by atoms with Crippen LogP contribution in [0.3, 0.4) is 0 Å². The summed E-state index contributed by atoms with van der Waals surface area (Å²) < 4.78 is 10.7. The van der Waals surface area contributed by atoms with Crippen molar-refractivity contribution in [2.45, 2.75) is 13.8 Å². The molecule has 0 aliphatic carbocycles. The summed E-state index contributed by atoms with van der Waals surface area (Å²) in [5.41, 5.74) is 5.60. The van der Waals surface area contributed by atoms with Gasteiger partial charge < -0.3 is 19.1 Å². The van der Waals surface area contributed by atoms with Crippen LogP contribution in [-0.4, -0.2) is 54.2 Å². The van der Waals surface area contributed by atoms with E-state index >= 15 is 0 Å². The van der Waals surface area contributed by atoms with Crippen LogP contribution in [0.15, 0.2) is 59.1 Å². The number of aromatic nitrogens is 2. The van der Waals surface area contributed by atoms with Crippen LogP contribution in [0.5, 0.6) is 5.75 Å². The van der Waals surface area contributed by atoms with Crippen LogP contribution in [0, 0.1) is 13.8 Å². The number of anilines is 1. The molecule has 2 aromatic carbocycles. The van der Waals surface area contributed by atoms with Crippen molar-refractivity contribution in [1.29, 1.82) is 0 Å². The number of aryl methyl sites for hydroxylation is 2. The molecule has 7 nitrogen and oxygen atoms in total. The predicted molar refractivity (Wildman–Crippen MR) is 128 cm³/mol. The van der Waals surface area contributed by atoms with Crippen LogP contribution in [0.4, 0.5) is 5.69 Å². The zero-order valence-electron chi connectivity index (χ0n) is 19.0. The lowest BCUT2D eigenvalue weighted by atomic mass is 10.0. The molecule has 0 spiro atoms. The quantitative estimate of drug-likeness (QED) is 0.464. The third kappa shape index (κ3) is 4.02. The van der Waals surface area contributed by atoms with E-state index < -0.39 is 0 Å². The number of rotatable bonds is 4. The molecule has 0 radical (unpaired) electrons. The van der Waals surface area contributed by atoms with Gasteiger partial charge in [-0.2, -0.15) is 0 Å². The van der Waals surface area contributed by atoms with Gasteiger partial charge in [-0.05, 0) is 44.2 Å². The van der Waals surface area contributed by atoms with E-state index in [2.05, 4.69) is 27.2 Å². The predicted octanol–water partition coefficient (Wildman–Crippen LogP) is 4.48. The molecular weight excluding hydrogens is 416 g/mol. The van der Waals surface area contributed by atoms with E-state index in [1.165, 1.54) is 5.56 Å². The molecule has 7 heteroatoms.